The molecular formula is C14H10N4O. The van der Waals surface area contributed by atoms with Gasteiger partial charge in [-0.25, -0.2) is 5.10 Å². The molecule has 0 atom stereocenters. The number of aromatic amines is 2. The van der Waals surface area contributed by atoms with E-state index in [0.29, 0.717) is 5.69 Å². The van der Waals surface area contributed by atoms with Gasteiger partial charge in [0, 0.05) is 28.2 Å². The number of nitrogens with one attached hydrogen (secondary N) is 2. The number of nitrogens with zero attached hydrogens (tertiary/aromatic N) is 2. The fourth-order valence-corrected chi connectivity index (χ4v) is 2.26. The minimum atomic E-state index is -0.377. The molecule has 0 amide bonds. The first-order chi connectivity index (χ1) is 9.20. The second-order valence-electron chi connectivity index (χ2n) is 4.28. The first kappa shape index (κ1) is 11.2. The number of aryl methyl sites for hydroxylation is 1. The van der Waals surface area contributed by atoms with E-state index in [0.717, 1.165) is 22.2 Å². The maximum atomic E-state index is 11.2. The van der Waals surface area contributed by atoms with Crippen molar-refractivity contribution in [3.8, 4) is 17.3 Å². The van der Waals surface area contributed by atoms with Gasteiger partial charge in [0.05, 0.1) is 5.56 Å². The highest BCUT2D eigenvalue weighted by Crippen LogP contribution is 2.31. The third-order valence-electron chi connectivity index (χ3n) is 3.06. The van der Waals surface area contributed by atoms with Crippen molar-refractivity contribution >= 4 is 10.9 Å². The fraction of sp³-hybridized carbons (Fsp3) is 0.0714. The molecule has 0 aliphatic heterocycles. The van der Waals surface area contributed by atoms with Crippen LogP contribution in [-0.4, -0.2) is 15.2 Å². The first-order valence-corrected chi connectivity index (χ1v) is 5.78. The van der Waals surface area contributed by atoms with Gasteiger partial charge in [-0.05, 0) is 13.0 Å². The van der Waals surface area contributed by atoms with Crippen molar-refractivity contribution in [3.05, 3.63) is 51.9 Å². The molecule has 0 unspecified atom stereocenters. The highest BCUT2D eigenvalue weighted by molar-refractivity contribution is 5.97. The summed E-state index contributed by atoms with van der Waals surface area (Å²) in [4.78, 5) is 14.5. The van der Waals surface area contributed by atoms with Gasteiger partial charge in [-0.2, -0.15) is 10.4 Å². The number of H-pyrrole nitrogens is 2. The minimum absolute atomic E-state index is 0.275. The third kappa shape index (κ3) is 1.70. The van der Waals surface area contributed by atoms with Crippen LogP contribution in [0.2, 0.25) is 0 Å². The number of aromatic nitrogens is 3. The molecule has 2 heterocycles. The van der Waals surface area contributed by atoms with E-state index in [2.05, 4.69) is 15.2 Å². The minimum Gasteiger partial charge on any atom is -0.358 e. The summed E-state index contributed by atoms with van der Waals surface area (Å²) in [6.45, 7) is 1.92. The number of benzene rings is 1. The zero-order valence-electron chi connectivity index (χ0n) is 10.2. The van der Waals surface area contributed by atoms with Gasteiger partial charge in [-0.15, -0.1) is 0 Å². The van der Waals surface area contributed by atoms with Crippen LogP contribution in [0.25, 0.3) is 22.2 Å². The first-order valence-electron chi connectivity index (χ1n) is 5.78. The quantitative estimate of drug-likeness (QED) is 0.693. The Kier molecular flexibility index (Phi) is 2.43. The molecular weight excluding hydrogens is 240 g/mol. The zero-order chi connectivity index (χ0) is 13.4. The number of rotatable bonds is 1. The maximum absolute atomic E-state index is 11.2. The summed E-state index contributed by atoms with van der Waals surface area (Å²) in [7, 11) is 0. The molecule has 2 aromatic heterocycles. The lowest BCUT2D eigenvalue weighted by Gasteiger charge is -2.02. The Morgan fingerprint density at radius 1 is 1.32 bits per heavy atom. The molecule has 3 aromatic rings. The number of hydrogen-bond donors (Lipinski definition) is 2. The predicted octanol–water partition coefficient (Wildman–Crippen LogP) is 2.10. The number of para-hydroxylation sites is 1. The third-order valence-corrected chi connectivity index (χ3v) is 3.06. The van der Waals surface area contributed by atoms with Crippen LogP contribution < -0.4 is 5.56 Å². The van der Waals surface area contributed by atoms with Crippen LogP contribution in [0.15, 0.2) is 35.1 Å². The molecule has 5 heteroatoms. The van der Waals surface area contributed by atoms with Gasteiger partial charge in [-0.1, -0.05) is 18.2 Å². The van der Waals surface area contributed by atoms with E-state index in [9.17, 15) is 4.79 Å². The van der Waals surface area contributed by atoms with E-state index < -0.39 is 0 Å². The topological polar surface area (TPSA) is 85.3 Å². The summed E-state index contributed by atoms with van der Waals surface area (Å²) < 4.78 is 0. The van der Waals surface area contributed by atoms with E-state index in [4.69, 9.17) is 5.26 Å². The number of nitriles is 1. The summed E-state index contributed by atoms with van der Waals surface area (Å²) in [6.07, 6.45) is 0. The van der Waals surface area contributed by atoms with Crippen LogP contribution in [0, 0.1) is 18.3 Å². The molecule has 1 aromatic carbocycles. The van der Waals surface area contributed by atoms with Crippen molar-refractivity contribution in [2.24, 2.45) is 0 Å². The lowest BCUT2D eigenvalue weighted by molar-refractivity contribution is 0.989. The van der Waals surface area contributed by atoms with E-state index in [1.807, 2.05) is 37.3 Å². The average Bonchev–Trinajstić information content (AvgIpc) is 2.74. The zero-order valence-corrected chi connectivity index (χ0v) is 10.2. The fourth-order valence-electron chi connectivity index (χ4n) is 2.26. The second kappa shape index (κ2) is 4.10. The predicted molar refractivity (Wildman–Crippen MR) is 71.6 cm³/mol. The van der Waals surface area contributed by atoms with Crippen LogP contribution in [0.1, 0.15) is 11.3 Å². The molecule has 0 fully saturated rings. The van der Waals surface area contributed by atoms with Gasteiger partial charge in [0.15, 0.2) is 0 Å². The van der Waals surface area contributed by atoms with Gasteiger partial charge in [0.1, 0.15) is 11.8 Å². The van der Waals surface area contributed by atoms with E-state index in [1.165, 1.54) is 6.07 Å². The van der Waals surface area contributed by atoms with Crippen molar-refractivity contribution in [3.63, 3.8) is 0 Å². The smallest absolute Gasteiger partial charge is 0.265 e. The summed E-state index contributed by atoms with van der Waals surface area (Å²) in [5.41, 5.74) is 3.14. The molecule has 0 spiro atoms. The molecule has 2 N–H and O–H groups in total. The molecule has 0 aliphatic carbocycles. The van der Waals surface area contributed by atoms with Crippen molar-refractivity contribution in [2.45, 2.75) is 6.92 Å². The molecule has 0 aliphatic rings. The Balaban J connectivity index is 2.40. The van der Waals surface area contributed by atoms with Gasteiger partial charge >= 0.3 is 0 Å². The van der Waals surface area contributed by atoms with E-state index >= 15 is 0 Å². The summed E-state index contributed by atoms with van der Waals surface area (Å²) >= 11 is 0. The molecule has 0 radical (unpaired) electrons. The monoisotopic (exact) mass is 250 g/mol. The van der Waals surface area contributed by atoms with Crippen LogP contribution in [-0.2, 0) is 0 Å². The Morgan fingerprint density at radius 2 is 2.11 bits per heavy atom. The lowest BCUT2D eigenvalue weighted by atomic mass is 10.0. The van der Waals surface area contributed by atoms with Crippen LogP contribution in [0.5, 0.6) is 0 Å². The largest absolute Gasteiger partial charge is 0.358 e. The summed E-state index contributed by atoms with van der Waals surface area (Å²) in [5, 5.41) is 16.5. The Labute approximate surface area is 108 Å². The Bertz CT molecular complexity index is 867. The average molecular weight is 250 g/mol. The van der Waals surface area contributed by atoms with E-state index in [-0.39, 0.29) is 11.1 Å². The summed E-state index contributed by atoms with van der Waals surface area (Å²) in [6, 6.07) is 11.1. The Hall–Kier alpha value is -2.87. The van der Waals surface area contributed by atoms with Crippen molar-refractivity contribution in [1.29, 1.82) is 5.26 Å². The molecule has 3 rings (SSSR count). The van der Waals surface area contributed by atoms with E-state index in [1.54, 1.807) is 0 Å². The maximum Gasteiger partial charge on any atom is 0.265 e. The Morgan fingerprint density at radius 3 is 2.89 bits per heavy atom. The van der Waals surface area contributed by atoms with Crippen LogP contribution in [0.4, 0.5) is 0 Å². The van der Waals surface area contributed by atoms with Gasteiger partial charge in [0.25, 0.3) is 5.56 Å². The molecule has 19 heavy (non-hydrogen) atoms. The highest BCUT2D eigenvalue weighted by Gasteiger charge is 2.15. The molecule has 0 bridgehead atoms. The standard InChI is InChI=1S/C14H10N4O/c1-8-13(10-4-2-3-5-11(10)16-8)14-9(7-15)6-12(19)17-18-14/h2-6,16H,1H3,(H,17,19). The van der Waals surface area contributed by atoms with Crippen molar-refractivity contribution < 1.29 is 0 Å². The molecule has 92 valence electrons. The van der Waals surface area contributed by atoms with Crippen LogP contribution in [0.3, 0.4) is 0 Å². The number of fused-ring (bicyclic) bond motifs is 1. The second-order valence-corrected chi connectivity index (χ2v) is 4.28. The molecule has 0 saturated heterocycles. The van der Waals surface area contributed by atoms with Crippen molar-refractivity contribution in [1.82, 2.24) is 15.2 Å². The summed E-state index contributed by atoms with van der Waals surface area (Å²) in [5.74, 6) is 0. The van der Waals surface area contributed by atoms with Crippen molar-refractivity contribution in [2.75, 3.05) is 0 Å². The lowest BCUT2D eigenvalue weighted by Crippen LogP contribution is -2.09. The van der Waals surface area contributed by atoms with Gasteiger partial charge in [0.2, 0.25) is 0 Å². The SMILES string of the molecule is Cc1[nH]c2ccccc2c1-c1n[nH]c(=O)cc1C#N. The highest BCUT2D eigenvalue weighted by atomic mass is 16.1. The van der Waals surface area contributed by atoms with Gasteiger partial charge in [-0.3, -0.25) is 4.79 Å². The van der Waals surface area contributed by atoms with Gasteiger partial charge < -0.3 is 4.98 Å². The molecule has 5 nitrogen and oxygen atoms in total. The molecule has 0 saturated carbocycles. The van der Waals surface area contributed by atoms with Crippen LogP contribution >= 0.6 is 0 Å². The number of hydrogen-bond acceptors (Lipinski definition) is 3. The normalized spacial score (nSPS) is 10.5.